The van der Waals surface area contributed by atoms with E-state index in [-0.39, 0.29) is 6.04 Å². The minimum atomic E-state index is 0.186. The lowest BCUT2D eigenvalue weighted by atomic mass is 10.0. The topological polar surface area (TPSA) is 35.6 Å². The number of nitrogens with one attached hydrogen (secondary N) is 1. The quantitative estimate of drug-likeness (QED) is 0.860. The Kier molecular flexibility index (Phi) is 4.60. The number of hydrogen-bond donors (Lipinski definition) is 1. The van der Waals surface area contributed by atoms with Crippen LogP contribution in [0, 0.1) is 0 Å². The highest BCUT2D eigenvalue weighted by atomic mass is 35.5. The van der Waals surface area contributed by atoms with Crippen LogP contribution in [0.4, 0.5) is 5.69 Å². The molecule has 1 atom stereocenters. The molecule has 0 aliphatic carbocycles. The molecule has 112 valence electrons. The van der Waals surface area contributed by atoms with Crippen molar-refractivity contribution in [3.05, 3.63) is 40.4 Å². The minimum absolute atomic E-state index is 0.186. The molecule has 2 aliphatic rings. The number of halogens is 1. The first-order valence-corrected chi connectivity index (χ1v) is 8.53. The molecule has 2 aliphatic heterocycles. The van der Waals surface area contributed by atoms with Gasteiger partial charge in [0, 0.05) is 11.6 Å². The Bertz CT molecular complexity index is 534. The number of benzene rings is 1. The zero-order chi connectivity index (χ0) is 14.7. The van der Waals surface area contributed by atoms with Crippen LogP contribution in [-0.2, 0) is 4.79 Å². The summed E-state index contributed by atoms with van der Waals surface area (Å²) >= 11 is 7.67. The van der Waals surface area contributed by atoms with Crippen LogP contribution in [0.25, 0.3) is 0 Å². The Balaban J connectivity index is 1.72. The summed E-state index contributed by atoms with van der Waals surface area (Å²) in [6, 6.07) is 7.85. The van der Waals surface area contributed by atoms with Gasteiger partial charge in [-0.1, -0.05) is 11.6 Å². The molecule has 6 heteroatoms. The summed E-state index contributed by atoms with van der Waals surface area (Å²) in [4.78, 5) is 13.2. The van der Waals surface area contributed by atoms with Gasteiger partial charge in [0.25, 0.3) is 0 Å². The average Bonchev–Trinajstić information content (AvgIpc) is 2.97. The highest BCUT2D eigenvalue weighted by Crippen LogP contribution is 2.32. The van der Waals surface area contributed by atoms with Crippen LogP contribution >= 0.6 is 23.4 Å². The third-order valence-electron chi connectivity index (χ3n) is 3.85. The third kappa shape index (κ3) is 3.30. The van der Waals surface area contributed by atoms with E-state index in [2.05, 4.69) is 15.8 Å². The number of piperidine rings is 1. The summed E-state index contributed by atoms with van der Waals surface area (Å²) in [5.74, 6) is 0.848. The molecule has 0 aromatic heterocycles. The van der Waals surface area contributed by atoms with E-state index in [1.165, 1.54) is 12.1 Å². The largest absolute Gasteiger partial charge is 0.337 e. The SMILES string of the molecule is O=CN1CCCCC1C1=CSCN1Nc1ccc(Cl)cc1. The number of thioether (sulfide) groups is 1. The van der Waals surface area contributed by atoms with Crippen molar-refractivity contribution in [3.63, 3.8) is 0 Å². The molecule has 1 unspecified atom stereocenters. The van der Waals surface area contributed by atoms with Gasteiger partial charge in [-0.2, -0.15) is 0 Å². The van der Waals surface area contributed by atoms with Gasteiger partial charge in [0.15, 0.2) is 0 Å². The van der Waals surface area contributed by atoms with Crippen molar-refractivity contribution < 1.29 is 4.79 Å². The number of carbonyl (C=O) groups excluding carboxylic acids is 1. The number of hydrogen-bond acceptors (Lipinski definition) is 4. The second-order valence-corrected chi connectivity index (χ2v) is 6.50. The maximum Gasteiger partial charge on any atom is 0.210 e. The van der Waals surface area contributed by atoms with Crippen LogP contribution in [0.1, 0.15) is 19.3 Å². The van der Waals surface area contributed by atoms with Crippen molar-refractivity contribution in [1.82, 2.24) is 9.91 Å². The molecule has 1 aromatic carbocycles. The Labute approximate surface area is 134 Å². The Morgan fingerprint density at radius 2 is 2.10 bits per heavy atom. The summed E-state index contributed by atoms with van der Waals surface area (Å²) in [7, 11) is 0. The van der Waals surface area contributed by atoms with Crippen molar-refractivity contribution in [3.8, 4) is 0 Å². The molecule has 1 N–H and O–H groups in total. The number of likely N-dealkylation sites (tertiary alicyclic amines) is 1. The fourth-order valence-corrected chi connectivity index (χ4v) is 3.79. The number of carbonyl (C=O) groups is 1. The molecule has 2 heterocycles. The second kappa shape index (κ2) is 6.62. The predicted octanol–water partition coefficient (Wildman–Crippen LogP) is 3.53. The zero-order valence-electron chi connectivity index (χ0n) is 11.7. The summed E-state index contributed by atoms with van der Waals surface area (Å²) in [5.41, 5.74) is 5.59. The average molecular weight is 324 g/mol. The van der Waals surface area contributed by atoms with Crippen LogP contribution < -0.4 is 5.43 Å². The molecule has 0 spiro atoms. The van der Waals surface area contributed by atoms with Gasteiger partial charge in [0.05, 0.1) is 23.3 Å². The van der Waals surface area contributed by atoms with Crippen LogP contribution in [0.15, 0.2) is 35.4 Å². The van der Waals surface area contributed by atoms with Crippen molar-refractivity contribution in [2.45, 2.75) is 25.3 Å². The first kappa shape index (κ1) is 14.6. The third-order valence-corrected chi connectivity index (χ3v) is 4.92. The number of nitrogens with zero attached hydrogens (tertiary/aromatic N) is 2. The molecule has 0 saturated carbocycles. The van der Waals surface area contributed by atoms with Gasteiger partial charge in [0.1, 0.15) is 0 Å². The molecule has 1 aromatic rings. The minimum Gasteiger partial charge on any atom is -0.337 e. The molecule has 1 amide bonds. The highest BCUT2D eigenvalue weighted by Gasteiger charge is 2.30. The van der Waals surface area contributed by atoms with E-state index in [1.807, 2.05) is 29.2 Å². The fourth-order valence-electron chi connectivity index (χ4n) is 2.77. The predicted molar refractivity (Wildman–Crippen MR) is 87.9 cm³/mol. The molecule has 21 heavy (non-hydrogen) atoms. The van der Waals surface area contributed by atoms with E-state index >= 15 is 0 Å². The van der Waals surface area contributed by atoms with Crippen LogP contribution in [0.2, 0.25) is 5.02 Å². The van der Waals surface area contributed by atoms with Crippen LogP contribution in [0.5, 0.6) is 0 Å². The molecule has 0 radical (unpaired) electrons. The summed E-state index contributed by atoms with van der Waals surface area (Å²) in [5, 5.41) is 5.02. The van der Waals surface area contributed by atoms with E-state index in [4.69, 9.17) is 11.6 Å². The Morgan fingerprint density at radius 1 is 1.29 bits per heavy atom. The summed E-state index contributed by atoms with van der Waals surface area (Å²) in [6.07, 6.45) is 4.28. The highest BCUT2D eigenvalue weighted by molar-refractivity contribution is 8.02. The van der Waals surface area contributed by atoms with E-state index in [9.17, 15) is 4.79 Å². The fraction of sp³-hybridized carbons (Fsp3) is 0.400. The number of rotatable bonds is 4. The molecular weight excluding hydrogens is 306 g/mol. The maximum atomic E-state index is 11.3. The van der Waals surface area contributed by atoms with E-state index in [0.717, 1.165) is 42.4 Å². The van der Waals surface area contributed by atoms with Gasteiger partial charge < -0.3 is 4.90 Å². The Hall–Kier alpha value is -1.33. The Morgan fingerprint density at radius 3 is 2.86 bits per heavy atom. The van der Waals surface area contributed by atoms with E-state index < -0.39 is 0 Å². The van der Waals surface area contributed by atoms with Gasteiger partial charge in [-0.15, -0.1) is 11.8 Å². The lowest BCUT2D eigenvalue weighted by Gasteiger charge is -2.37. The van der Waals surface area contributed by atoms with Gasteiger partial charge >= 0.3 is 0 Å². The van der Waals surface area contributed by atoms with Gasteiger partial charge in [-0.05, 0) is 48.9 Å². The van der Waals surface area contributed by atoms with Gasteiger partial charge in [-0.25, -0.2) is 0 Å². The van der Waals surface area contributed by atoms with Crippen molar-refractivity contribution in [1.29, 1.82) is 0 Å². The molecule has 3 rings (SSSR count). The van der Waals surface area contributed by atoms with E-state index in [0.29, 0.717) is 0 Å². The van der Waals surface area contributed by atoms with Gasteiger partial charge in [0.2, 0.25) is 6.41 Å². The number of anilines is 1. The second-order valence-electron chi connectivity index (χ2n) is 5.24. The first-order chi connectivity index (χ1) is 10.3. The maximum absolute atomic E-state index is 11.3. The van der Waals surface area contributed by atoms with Crippen molar-refractivity contribution >= 4 is 35.5 Å². The van der Waals surface area contributed by atoms with Crippen LogP contribution in [0.3, 0.4) is 0 Å². The lowest BCUT2D eigenvalue weighted by molar-refractivity contribution is -0.120. The molecule has 4 nitrogen and oxygen atoms in total. The van der Waals surface area contributed by atoms with Gasteiger partial charge in [-0.3, -0.25) is 15.2 Å². The van der Waals surface area contributed by atoms with E-state index in [1.54, 1.807) is 11.8 Å². The molecular formula is C15H18ClN3OS. The summed E-state index contributed by atoms with van der Waals surface area (Å²) in [6.45, 7) is 0.852. The normalized spacial score (nSPS) is 22.1. The van der Waals surface area contributed by atoms with Crippen LogP contribution in [-0.4, -0.2) is 34.8 Å². The number of hydrazine groups is 1. The smallest absolute Gasteiger partial charge is 0.210 e. The molecule has 1 saturated heterocycles. The standard InChI is InChI=1S/C15H18ClN3OS/c16-12-4-6-13(7-5-12)17-19-11-21-9-15(19)14-3-1-2-8-18(14)10-20/h4-7,9-10,14,17H,1-3,8,11H2. The zero-order valence-corrected chi connectivity index (χ0v) is 13.2. The first-order valence-electron chi connectivity index (χ1n) is 7.10. The monoisotopic (exact) mass is 323 g/mol. The number of amides is 1. The summed E-state index contributed by atoms with van der Waals surface area (Å²) < 4.78 is 0. The van der Waals surface area contributed by atoms with Crippen molar-refractivity contribution in [2.75, 3.05) is 17.8 Å². The van der Waals surface area contributed by atoms with Crippen molar-refractivity contribution in [2.24, 2.45) is 0 Å². The molecule has 1 fully saturated rings. The lowest BCUT2D eigenvalue weighted by Crippen LogP contribution is -2.44. The molecule has 0 bridgehead atoms.